The van der Waals surface area contributed by atoms with E-state index in [4.69, 9.17) is 28.3 Å². The maximum absolute atomic E-state index is 11.1. The number of aryl methyl sites for hydroxylation is 1. The number of thiazole rings is 1. The van der Waals surface area contributed by atoms with Crippen LogP contribution in [-0.4, -0.2) is 16.1 Å². The number of carboxylic acids is 1. The average Bonchev–Trinajstić information content (AvgIpc) is 2.91. The molecule has 1 heterocycles. The molecule has 0 saturated carbocycles. The van der Waals surface area contributed by atoms with Crippen LogP contribution in [0.5, 0.6) is 0 Å². The van der Waals surface area contributed by atoms with E-state index in [0.29, 0.717) is 22.2 Å². The van der Waals surface area contributed by atoms with Crippen LogP contribution in [0.4, 0.5) is 0 Å². The molecule has 0 amide bonds. The summed E-state index contributed by atoms with van der Waals surface area (Å²) in [4.78, 5) is 16.6. The molecule has 3 nitrogen and oxygen atoms in total. The van der Waals surface area contributed by atoms with Crippen LogP contribution < -0.4 is 0 Å². The molecular weight excluding hydrogens is 305 g/mol. The molecule has 6 heteroatoms. The van der Waals surface area contributed by atoms with E-state index >= 15 is 0 Å². The molecular formula is C13H9Cl2NO2S. The van der Waals surface area contributed by atoms with Crippen LogP contribution in [0.15, 0.2) is 18.2 Å². The number of nitrogens with zero attached hydrogens (tertiary/aromatic N) is 1. The van der Waals surface area contributed by atoms with Crippen molar-refractivity contribution in [2.45, 2.75) is 18.8 Å². The van der Waals surface area contributed by atoms with Gasteiger partial charge in [-0.2, -0.15) is 0 Å². The molecule has 0 radical (unpaired) electrons. The summed E-state index contributed by atoms with van der Waals surface area (Å²) < 4.78 is 0. The highest BCUT2D eigenvalue weighted by atomic mass is 35.5. The van der Waals surface area contributed by atoms with Crippen molar-refractivity contribution in [3.05, 3.63) is 38.8 Å². The number of hydrogen-bond donors (Lipinski definition) is 1. The molecule has 1 N–H and O–H groups in total. The topological polar surface area (TPSA) is 50.2 Å². The number of benzene rings is 1. The second-order valence-corrected chi connectivity index (χ2v) is 6.23. The van der Waals surface area contributed by atoms with E-state index in [9.17, 15) is 4.79 Å². The Balaban J connectivity index is 2.07. The summed E-state index contributed by atoms with van der Waals surface area (Å²) in [5.74, 6) is -1.30. The fourth-order valence-corrected chi connectivity index (χ4v) is 3.87. The van der Waals surface area contributed by atoms with E-state index in [1.807, 2.05) is 12.1 Å². The second kappa shape index (κ2) is 4.78. The fraction of sp³-hybridized carbons (Fsp3) is 0.231. The summed E-state index contributed by atoms with van der Waals surface area (Å²) in [6, 6.07) is 5.37. The minimum Gasteiger partial charge on any atom is -0.481 e. The zero-order valence-electron chi connectivity index (χ0n) is 9.69. The van der Waals surface area contributed by atoms with Crippen molar-refractivity contribution in [2.75, 3.05) is 0 Å². The van der Waals surface area contributed by atoms with Gasteiger partial charge in [-0.1, -0.05) is 35.3 Å². The number of rotatable bonds is 2. The van der Waals surface area contributed by atoms with Crippen LogP contribution in [0.3, 0.4) is 0 Å². The summed E-state index contributed by atoms with van der Waals surface area (Å²) >= 11 is 13.7. The van der Waals surface area contributed by atoms with Gasteiger partial charge in [-0.15, -0.1) is 11.3 Å². The van der Waals surface area contributed by atoms with Crippen LogP contribution >= 0.6 is 34.5 Å². The maximum atomic E-state index is 11.1. The van der Waals surface area contributed by atoms with Gasteiger partial charge in [0.2, 0.25) is 0 Å². The Morgan fingerprint density at radius 2 is 2.21 bits per heavy atom. The predicted octanol–water partition coefficient (Wildman–Crippen LogP) is 4.23. The third-order valence-electron chi connectivity index (χ3n) is 3.20. The van der Waals surface area contributed by atoms with Crippen LogP contribution in [0.25, 0.3) is 10.6 Å². The van der Waals surface area contributed by atoms with Gasteiger partial charge in [-0.3, -0.25) is 4.79 Å². The van der Waals surface area contributed by atoms with E-state index < -0.39 is 11.9 Å². The molecule has 1 aliphatic carbocycles. The lowest BCUT2D eigenvalue weighted by atomic mass is 10.1. The highest BCUT2D eigenvalue weighted by molar-refractivity contribution is 7.15. The van der Waals surface area contributed by atoms with Crippen LogP contribution in [0.2, 0.25) is 10.0 Å². The highest BCUT2D eigenvalue weighted by Crippen LogP contribution is 2.42. The number of halogens is 2. The molecule has 1 atom stereocenters. The van der Waals surface area contributed by atoms with Crippen molar-refractivity contribution in [2.24, 2.45) is 0 Å². The predicted molar refractivity (Wildman–Crippen MR) is 76.3 cm³/mol. The number of aromatic nitrogens is 1. The largest absolute Gasteiger partial charge is 0.481 e. The zero-order chi connectivity index (χ0) is 13.6. The van der Waals surface area contributed by atoms with Gasteiger partial charge in [0.05, 0.1) is 15.7 Å². The molecule has 1 aromatic carbocycles. The summed E-state index contributed by atoms with van der Waals surface area (Å²) in [7, 11) is 0. The first-order valence-electron chi connectivity index (χ1n) is 5.74. The van der Waals surface area contributed by atoms with Gasteiger partial charge < -0.3 is 5.11 Å². The lowest BCUT2D eigenvalue weighted by Gasteiger charge is -2.03. The van der Waals surface area contributed by atoms with Gasteiger partial charge in [0, 0.05) is 10.4 Å². The third-order valence-corrected chi connectivity index (χ3v) is 5.18. The number of fused-ring (bicyclic) bond motifs is 1. The lowest BCUT2D eigenvalue weighted by molar-refractivity contribution is -0.138. The van der Waals surface area contributed by atoms with E-state index in [1.54, 1.807) is 6.07 Å². The Bertz CT molecular complexity index is 669. The molecule has 0 fully saturated rings. The zero-order valence-corrected chi connectivity index (χ0v) is 12.0. The summed E-state index contributed by atoms with van der Waals surface area (Å²) in [5.41, 5.74) is 1.45. The Labute approximate surface area is 123 Å². The molecule has 0 saturated heterocycles. The smallest absolute Gasteiger partial charge is 0.312 e. The summed E-state index contributed by atoms with van der Waals surface area (Å²) in [5, 5.41) is 10.8. The van der Waals surface area contributed by atoms with Crippen molar-refractivity contribution in [3.63, 3.8) is 0 Å². The monoisotopic (exact) mass is 313 g/mol. The molecule has 98 valence electrons. The third kappa shape index (κ3) is 2.14. The summed E-state index contributed by atoms with van der Waals surface area (Å²) in [6.45, 7) is 0. The minimum atomic E-state index is -0.812. The van der Waals surface area contributed by atoms with E-state index in [-0.39, 0.29) is 0 Å². The van der Waals surface area contributed by atoms with Crippen molar-refractivity contribution in [3.8, 4) is 10.6 Å². The Hall–Kier alpha value is -1.10. The average molecular weight is 314 g/mol. The molecule has 0 bridgehead atoms. The van der Waals surface area contributed by atoms with Crippen LogP contribution in [-0.2, 0) is 11.2 Å². The van der Waals surface area contributed by atoms with Gasteiger partial charge in [0.1, 0.15) is 10.9 Å². The normalized spacial score (nSPS) is 17.5. The Morgan fingerprint density at radius 1 is 1.42 bits per heavy atom. The molecule has 19 heavy (non-hydrogen) atoms. The molecule has 3 rings (SSSR count). The Morgan fingerprint density at radius 3 is 2.95 bits per heavy atom. The van der Waals surface area contributed by atoms with Gasteiger partial charge in [-0.25, -0.2) is 4.98 Å². The van der Waals surface area contributed by atoms with Crippen molar-refractivity contribution in [1.82, 2.24) is 4.98 Å². The number of carboxylic acid groups (broad SMARTS) is 1. The molecule has 0 spiro atoms. The van der Waals surface area contributed by atoms with Gasteiger partial charge in [0.25, 0.3) is 0 Å². The minimum absolute atomic E-state index is 0.462. The standard InChI is InChI=1S/C13H9Cl2NO2S/c14-8-3-1-2-6(10(8)15)12-16-11-7(13(17)18)4-5-9(11)19-12/h1-3,7H,4-5H2,(H,17,18). The van der Waals surface area contributed by atoms with Gasteiger partial charge in [-0.05, 0) is 18.9 Å². The fourth-order valence-electron chi connectivity index (χ4n) is 2.25. The lowest BCUT2D eigenvalue weighted by Crippen LogP contribution is -2.08. The number of carbonyl (C=O) groups is 1. The maximum Gasteiger partial charge on any atom is 0.312 e. The van der Waals surface area contributed by atoms with E-state index in [0.717, 1.165) is 21.9 Å². The second-order valence-electron chi connectivity index (χ2n) is 4.36. The quantitative estimate of drug-likeness (QED) is 0.902. The van der Waals surface area contributed by atoms with E-state index in [2.05, 4.69) is 4.98 Å². The Kier molecular flexibility index (Phi) is 3.25. The molecule has 1 unspecified atom stereocenters. The van der Waals surface area contributed by atoms with Crippen molar-refractivity contribution >= 4 is 40.5 Å². The van der Waals surface area contributed by atoms with E-state index in [1.165, 1.54) is 11.3 Å². The van der Waals surface area contributed by atoms with Crippen LogP contribution in [0, 0.1) is 0 Å². The first-order chi connectivity index (χ1) is 9.08. The first kappa shape index (κ1) is 12.9. The first-order valence-corrected chi connectivity index (χ1v) is 7.32. The van der Waals surface area contributed by atoms with Gasteiger partial charge in [0.15, 0.2) is 0 Å². The SMILES string of the molecule is O=C(O)C1CCc2sc(-c3cccc(Cl)c3Cl)nc21. The van der Waals surface area contributed by atoms with Crippen molar-refractivity contribution in [1.29, 1.82) is 0 Å². The summed E-state index contributed by atoms with van der Waals surface area (Å²) in [6.07, 6.45) is 1.40. The molecule has 1 aromatic heterocycles. The van der Waals surface area contributed by atoms with Crippen molar-refractivity contribution < 1.29 is 9.90 Å². The number of aliphatic carboxylic acids is 1. The molecule has 2 aromatic rings. The molecule has 1 aliphatic rings. The highest BCUT2D eigenvalue weighted by Gasteiger charge is 2.32. The molecule has 0 aliphatic heterocycles. The number of hydrogen-bond acceptors (Lipinski definition) is 3. The van der Waals surface area contributed by atoms with Crippen LogP contribution in [0.1, 0.15) is 22.9 Å². The van der Waals surface area contributed by atoms with Gasteiger partial charge >= 0.3 is 5.97 Å².